The Morgan fingerprint density at radius 3 is 1.79 bits per heavy atom. The second-order valence-corrected chi connectivity index (χ2v) is 7.59. The van der Waals surface area contributed by atoms with Crippen LogP contribution in [0, 0.1) is 0 Å². The molecule has 3 heteroatoms. The molecule has 0 aliphatic carbocycles. The highest BCUT2D eigenvalue weighted by Crippen LogP contribution is 2.50. The molecule has 4 aromatic rings. The summed E-state index contributed by atoms with van der Waals surface area (Å²) in [5, 5.41) is 0. The summed E-state index contributed by atoms with van der Waals surface area (Å²) in [5.41, 5.74) is 6.13. The normalized spacial score (nSPS) is 12.2. The van der Waals surface area contributed by atoms with Crippen LogP contribution in [-0.4, -0.2) is 0 Å². The summed E-state index contributed by atoms with van der Waals surface area (Å²) in [6, 6.07) is 35.0. The predicted molar refractivity (Wildman–Crippen MR) is 138 cm³/mol. The van der Waals surface area contributed by atoms with Crippen LogP contribution >= 0.6 is 0 Å². The third-order valence-electron chi connectivity index (χ3n) is 5.57. The van der Waals surface area contributed by atoms with Gasteiger partial charge in [0.15, 0.2) is 11.5 Å². The molecule has 3 nitrogen and oxygen atoms in total. The van der Waals surface area contributed by atoms with Crippen LogP contribution in [0.5, 0.6) is 11.5 Å². The van der Waals surface area contributed by atoms with Gasteiger partial charge in [-0.3, -0.25) is 0 Å². The van der Waals surface area contributed by atoms with Crippen molar-refractivity contribution in [2.45, 2.75) is 0 Å². The zero-order valence-electron chi connectivity index (χ0n) is 18.3. The fourth-order valence-corrected chi connectivity index (χ4v) is 4.11. The van der Waals surface area contributed by atoms with Crippen molar-refractivity contribution in [2.75, 3.05) is 9.80 Å². The molecule has 0 aromatic heterocycles. The van der Waals surface area contributed by atoms with Gasteiger partial charge in [0.25, 0.3) is 0 Å². The molecule has 0 unspecified atom stereocenters. The molecule has 4 aromatic carbocycles. The maximum Gasteiger partial charge on any atom is 0.151 e. The highest BCUT2D eigenvalue weighted by atomic mass is 16.5. The maximum absolute atomic E-state index is 6.14. The van der Waals surface area contributed by atoms with Crippen molar-refractivity contribution < 1.29 is 4.74 Å². The number of allylic oxidation sites excluding steroid dienone is 3. The smallest absolute Gasteiger partial charge is 0.151 e. The molecule has 0 amide bonds. The molecule has 5 rings (SSSR count). The maximum atomic E-state index is 6.14. The number of para-hydroxylation sites is 5. The van der Waals surface area contributed by atoms with Crippen molar-refractivity contribution in [1.82, 2.24) is 0 Å². The van der Waals surface area contributed by atoms with Gasteiger partial charge < -0.3 is 14.5 Å². The van der Waals surface area contributed by atoms with Crippen LogP contribution in [-0.2, 0) is 0 Å². The van der Waals surface area contributed by atoms with Crippen LogP contribution in [0.4, 0.5) is 28.4 Å². The van der Waals surface area contributed by atoms with Gasteiger partial charge in [-0.1, -0.05) is 61.7 Å². The first-order valence-electron chi connectivity index (χ1n) is 10.9. The van der Waals surface area contributed by atoms with Crippen molar-refractivity contribution in [3.05, 3.63) is 140 Å². The Morgan fingerprint density at radius 1 is 0.667 bits per heavy atom. The summed E-state index contributed by atoms with van der Waals surface area (Å²) in [5.74, 6) is 1.68. The van der Waals surface area contributed by atoms with E-state index < -0.39 is 0 Å². The van der Waals surface area contributed by atoms with Crippen LogP contribution < -0.4 is 14.5 Å². The molecule has 0 bridgehead atoms. The van der Waals surface area contributed by atoms with Crippen molar-refractivity contribution in [3.63, 3.8) is 0 Å². The molecule has 0 atom stereocenters. The molecular formula is C30H24N2O. The average Bonchev–Trinajstić information content (AvgIpc) is 2.88. The Labute approximate surface area is 194 Å². The fourth-order valence-electron chi connectivity index (χ4n) is 4.11. The van der Waals surface area contributed by atoms with Gasteiger partial charge in [0.05, 0.1) is 11.4 Å². The standard InChI is InChI=1S/C30H24N2O/c1-3-12-23(4-2)31(24-13-6-5-7-14-24)25-19-21-26(22-20-25)32-27-15-8-10-17-29(27)33-30-18-11-9-16-28(30)32/h3-22H,1-2H2/b23-12+. The first-order chi connectivity index (χ1) is 16.3. The van der Waals surface area contributed by atoms with Crippen molar-refractivity contribution >= 4 is 28.4 Å². The Kier molecular flexibility index (Phi) is 5.52. The second-order valence-electron chi connectivity index (χ2n) is 7.59. The monoisotopic (exact) mass is 428 g/mol. The predicted octanol–water partition coefficient (Wildman–Crippen LogP) is 8.66. The zero-order valence-corrected chi connectivity index (χ0v) is 18.3. The first kappa shape index (κ1) is 20.4. The Balaban J connectivity index is 1.60. The van der Waals surface area contributed by atoms with E-state index in [1.54, 1.807) is 6.08 Å². The number of anilines is 5. The van der Waals surface area contributed by atoms with E-state index in [9.17, 15) is 0 Å². The van der Waals surface area contributed by atoms with Crippen molar-refractivity contribution in [1.29, 1.82) is 0 Å². The minimum absolute atomic E-state index is 0.842. The van der Waals surface area contributed by atoms with E-state index in [4.69, 9.17) is 4.74 Å². The lowest BCUT2D eigenvalue weighted by molar-refractivity contribution is 0.477. The molecule has 0 N–H and O–H groups in total. The minimum atomic E-state index is 0.842. The first-order valence-corrected chi connectivity index (χ1v) is 10.9. The Morgan fingerprint density at radius 2 is 1.21 bits per heavy atom. The van der Waals surface area contributed by atoms with E-state index in [2.05, 4.69) is 71.5 Å². The number of benzene rings is 4. The summed E-state index contributed by atoms with van der Waals surface area (Å²) in [6.45, 7) is 7.88. The van der Waals surface area contributed by atoms with Gasteiger partial charge in [0.2, 0.25) is 0 Å². The molecule has 0 saturated heterocycles. The second kappa shape index (κ2) is 8.93. The van der Waals surface area contributed by atoms with E-state index in [0.29, 0.717) is 0 Å². The number of nitrogens with zero attached hydrogens (tertiary/aromatic N) is 2. The number of ether oxygens (including phenoxy) is 1. The summed E-state index contributed by atoms with van der Waals surface area (Å²) < 4.78 is 6.14. The number of hydrogen-bond donors (Lipinski definition) is 0. The lowest BCUT2D eigenvalue weighted by Crippen LogP contribution is -2.17. The van der Waals surface area contributed by atoms with Crippen molar-refractivity contribution in [3.8, 4) is 11.5 Å². The van der Waals surface area contributed by atoms with E-state index in [0.717, 1.165) is 45.6 Å². The third-order valence-corrected chi connectivity index (χ3v) is 5.57. The molecule has 1 aliphatic rings. The van der Waals surface area contributed by atoms with Gasteiger partial charge in [-0.05, 0) is 72.8 Å². The SMILES string of the molecule is C=C/C=C(\C=C)N(c1ccccc1)c1ccc(N2c3ccccc3Oc3ccccc32)cc1. The van der Waals surface area contributed by atoms with E-state index >= 15 is 0 Å². The molecule has 0 fully saturated rings. The zero-order chi connectivity index (χ0) is 22.6. The summed E-state index contributed by atoms with van der Waals surface area (Å²) in [7, 11) is 0. The molecule has 1 heterocycles. The van der Waals surface area contributed by atoms with Crippen LogP contribution in [0.2, 0.25) is 0 Å². The average molecular weight is 429 g/mol. The number of fused-ring (bicyclic) bond motifs is 2. The van der Waals surface area contributed by atoms with Gasteiger partial charge in [-0.25, -0.2) is 0 Å². The summed E-state index contributed by atoms with van der Waals surface area (Å²) in [4.78, 5) is 4.40. The molecule has 0 radical (unpaired) electrons. The van der Waals surface area contributed by atoms with Crippen LogP contribution in [0.3, 0.4) is 0 Å². The van der Waals surface area contributed by atoms with Gasteiger partial charge in [0.1, 0.15) is 0 Å². The quantitative estimate of drug-likeness (QED) is 0.252. The largest absolute Gasteiger partial charge is 0.453 e. The van der Waals surface area contributed by atoms with E-state index in [1.165, 1.54) is 0 Å². The van der Waals surface area contributed by atoms with E-state index in [-0.39, 0.29) is 0 Å². The Hall–Kier alpha value is -4.50. The summed E-state index contributed by atoms with van der Waals surface area (Å²) >= 11 is 0. The van der Waals surface area contributed by atoms with Gasteiger partial charge >= 0.3 is 0 Å². The molecule has 1 aliphatic heterocycles. The third kappa shape index (κ3) is 3.81. The van der Waals surface area contributed by atoms with Crippen LogP contribution in [0.15, 0.2) is 140 Å². The van der Waals surface area contributed by atoms with Crippen molar-refractivity contribution in [2.24, 2.45) is 0 Å². The van der Waals surface area contributed by atoms with Crippen LogP contribution in [0.1, 0.15) is 0 Å². The van der Waals surface area contributed by atoms with Crippen LogP contribution in [0.25, 0.3) is 0 Å². The fraction of sp³-hybridized carbons (Fsp3) is 0. The lowest BCUT2D eigenvalue weighted by atomic mass is 10.1. The van der Waals surface area contributed by atoms with Gasteiger partial charge in [-0.15, -0.1) is 0 Å². The minimum Gasteiger partial charge on any atom is -0.453 e. The number of rotatable bonds is 6. The molecule has 160 valence electrons. The lowest BCUT2D eigenvalue weighted by Gasteiger charge is -2.33. The molecule has 33 heavy (non-hydrogen) atoms. The highest BCUT2D eigenvalue weighted by Gasteiger charge is 2.25. The number of hydrogen-bond acceptors (Lipinski definition) is 3. The van der Waals surface area contributed by atoms with E-state index in [1.807, 2.05) is 66.7 Å². The topological polar surface area (TPSA) is 15.7 Å². The van der Waals surface area contributed by atoms with Gasteiger partial charge in [-0.2, -0.15) is 0 Å². The van der Waals surface area contributed by atoms with Gasteiger partial charge in [0, 0.05) is 22.8 Å². The molecular weight excluding hydrogens is 404 g/mol. The molecule has 0 saturated carbocycles. The summed E-state index contributed by atoms with van der Waals surface area (Å²) in [6.07, 6.45) is 5.59. The Bertz CT molecular complexity index is 1280. The highest BCUT2D eigenvalue weighted by molar-refractivity contribution is 5.86. The molecule has 0 spiro atoms.